The zero-order valence-electron chi connectivity index (χ0n) is 14.0. The minimum Gasteiger partial charge on any atom is -0.469 e. The van der Waals surface area contributed by atoms with Gasteiger partial charge in [-0.3, -0.25) is 4.79 Å². The normalized spacial score (nSPS) is 12.2. The van der Waals surface area contributed by atoms with Crippen LogP contribution in [0.5, 0.6) is 0 Å². The highest BCUT2D eigenvalue weighted by atomic mass is 35.5. The Labute approximate surface area is 164 Å². The van der Waals surface area contributed by atoms with Gasteiger partial charge in [0.05, 0.1) is 23.6 Å². The van der Waals surface area contributed by atoms with Gasteiger partial charge in [-0.15, -0.1) is 10.2 Å². The lowest BCUT2D eigenvalue weighted by Gasteiger charge is -2.15. The molecule has 9 heteroatoms. The lowest BCUT2D eigenvalue weighted by Crippen LogP contribution is -2.28. The first-order valence-corrected chi connectivity index (χ1v) is 9.43. The van der Waals surface area contributed by atoms with Crippen LogP contribution in [0.1, 0.15) is 24.3 Å². The number of rotatable bonds is 6. The Morgan fingerprint density at radius 1 is 1.31 bits per heavy atom. The van der Waals surface area contributed by atoms with Crippen molar-refractivity contribution in [1.29, 1.82) is 0 Å². The molecule has 0 saturated heterocycles. The molecule has 0 saturated carbocycles. The third kappa shape index (κ3) is 4.41. The van der Waals surface area contributed by atoms with Crippen LogP contribution in [0.2, 0.25) is 10.0 Å². The molecule has 1 aromatic carbocycles. The average molecular weight is 412 g/mol. The van der Waals surface area contributed by atoms with Crippen LogP contribution in [0.4, 0.5) is 0 Å². The fourth-order valence-electron chi connectivity index (χ4n) is 2.32. The largest absolute Gasteiger partial charge is 0.469 e. The summed E-state index contributed by atoms with van der Waals surface area (Å²) in [7, 11) is 0. The first-order chi connectivity index (χ1) is 12.4. The van der Waals surface area contributed by atoms with Crippen LogP contribution in [0.15, 0.2) is 44.6 Å². The monoisotopic (exact) mass is 411 g/mol. The fourth-order valence-corrected chi connectivity index (χ4v) is 3.47. The minimum atomic E-state index is -0.250. The molecule has 0 spiro atoms. The number of carbonyl (C=O) groups excluding carboxylic acids is 1. The molecule has 0 aliphatic rings. The second-order valence-electron chi connectivity index (χ2n) is 5.51. The number of hydrogen-bond donors (Lipinski definition) is 1. The molecule has 0 unspecified atom stereocenters. The van der Waals surface area contributed by atoms with Gasteiger partial charge in [0, 0.05) is 10.0 Å². The van der Waals surface area contributed by atoms with Gasteiger partial charge in [0.25, 0.3) is 11.1 Å². The molecule has 26 heavy (non-hydrogen) atoms. The Morgan fingerprint density at radius 2 is 2.12 bits per heavy atom. The smallest absolute Gasteiger partial charge is 0.277 e. The van der Waals surface area contributed by atoms with Gasteiger partial charge in [-0.25, -0.2) is 0 Å². The molecule has 2 heterocycles. The maximum Gasteiger partial charge on any atom is 0.277 e. The number of amides is 1. The first kappa shape index (κ1) is 18.8. The van der Waals surface area contributed by atoms with Crippen molar-refractivity contribution in [2.45, 2.75) is 25.1 Å². The van der Waals surface area contributed by atoms with E-state index < -0.39 is 0 Å². The molecule has 0 bridgehead atoms. The first-order valence-electron chi connectivity index (χ1n) is 7.69. The third-order valence-corrected chi connectivity index (χ3v) is 5.01. The molecule has 6 nitrogen and oxygen atoms in total. The highest BCUT2D eigenvalue weighted by Crippen LogP contribution is 2.28. The van der Waals surface area contributed by atoms with Crippen molar-refractivity contribution < 1.29 is 13.6 Å². The highest BCUT2D eigenvalue weighted by Gasteiger charge is 2.16. The van der Waals surface area contributed by atoms with Gasteiger partial charge in [0.1, 0.15) is 5.76 Å². The molecule has 0 aliphatic heterocycles. The number of halogens is 2. The Morgan fingerprint density at radius 3 is 2.81 bits per heavy atom. The third-order valence-electron chi connectivity index (χ3n) is 3.63. The van der Waals surface area contributed by atoms with E-state index in [-0.39, 0.29) is 17.7 Å². The molecule has 0 radical (unpaired) electrons. The molecule has 3 rings (SSSR count). The minimum absolute atomic E-state index is 0.140. The predicted octanol–water partition coefficient (Wildman–Crippen LogP) is 4.91. The number of furan rings is 1. The summed E-state index contributed by atoms with van der Waals surface area (Å²) in [6, 6.07) is 6.67. The van der Waals surface area contributed by atoms with Crippen LogP contribution in [0, 0.1) is 6.92 Å². The number of aromatic nitrogens is 2. The Hall–Kier alpha value is -1.96. The predicted molar refractivity (Wildman–Crippen MR) is 100 cm³/mol. The number of thioether (sulfide) groups is 1. The number of nitrogens with one attached hydrogen (secondary N) is 1. The summed E-state index contributed by atoms with van der Waals surface area (Å²) in [5.41, 5.74) is 1.53. The number of benzene rings is 1. The Bertz CT molecular complexity index is 926. The van der Waals surface area contributed by atoms with E-state index in [1.54, 1.807) is 30.5 Å². The maximum atomic E-state index is 12.2. The van der Waals surface area contributed by atoms with Crippen molar-refractivity contribution >= 4 is 40.9 Å². The summed E-state index contributed by atoms with van der Waals surface area (Å²) in [6.07, 6.45) is 1.55. The van der Waals surface area contributed by atoms with Crippen LogP contribution in [-0.2, 0) is 4.79 Å². The van der Waals surface area contributed by atoms with Gasteiger partial charge < -0.3 is 14.2 Å². The molecule has 3 aromatic rings. The summed E-state index contributed by atoms with van der Waals surface area (Å²) >= 11 is 13.2. The Balaban J connectivity index is 1.56. The fraction of sp³-hybridized carbons (Fsp3) is 0.235. The quantitative estimate of drug-likeness (QED) is 0.579. The van der Waals surface area contributed by atoms with E-state index in [0.29, 0.717) is 26.9 Å². The SMILES string of the molecule is Cc1occc1-c1nnc(SCC(=O)N[C@H](C)c2ccc(Cl)cc2Cl)o1. The highest BCUT2D eigenvalue weighted by molar-refractivity contribution is 7.99. The van der Waals surface area contributed by atoms with Crippen LogP contribution in [-0.4, -0.2) is 21.9 Å². The van der Waals surface area contributed by atoms with E-state index in [1.165, 1.54) is 0 Å². The number of carbonyl (C=O) groups is 1. The summed E-state index contributed by atoms with van der Waals surface area (Å²) < 4.78 is 10.8. The zero-order chi connectivity index (χ0) is 18.7. The molecule has 2 aromatic heterocycles. The zero-order valence-corrected chi connectivity index (χ0v) is 16.3. The van der Waals surface area contributed by atoms with Crippen LogP contribution in [0.3, 0.4) is 0 Å². The molecule has 1 amide bonds. The maximum absolute atomic E-state index is 12.2. The standard InChI is InChI=1S/C17H15Cl2N3O3S/c1-9(12-4-3-11(18)7-14(12)19)20-15(23)8-26-17-22-21-16(25-17)13-5-6-24-10(13)2/h3-7,9H,8H2,1-2H3,(H,20,23)/t9-/m1/s1. The van der Waals surface area contributed by atoms with E-state index >= 15 is 0 Å². The van der Waals surface area contributed by atoms with Crippen molar-refractivity contribution in [3.8, 4) is 11.5 Å². The van der Waals surface area contributed by atoms with Crippen molar-refractivity contribution in [3.63, 3.8) is 0 Å². The molecule has 0 fully saturated rings. The molecular weight excluding hydrogens is 397 g/mol. The van der Waals surface area contributed by atoms with E-state index in [9.17, 15) is 4.79 Å². The Kier molecular flexibility index (Phi) is 5.90. The van der Waals surface area contributed by atoms with Gasteiger partial charge in [-0.1, -0.05) is 41.0 Å². The van der Waals surface area contributed by atoms with E-state index in [0.717, 1.165) is 22.9 Å². The van der Waals surface area contributed by atoms with E-state index in [2.05, 4.69) is 15.5 Å². The molecule has 0 aliphatic carbocycles. The van der Waals surface area contributed by atoms with Gasteiger partial charge in [0.2, 0.25) is 5.91 Å². The van der Waals surface area contributed by atoms with Crippen molar-refractivity contribution in [1.82, 2.24) is 15.5 Å². The number of aryl methyl sites for hydroxylation is 1. The molecule has 136 valence electrons. The van der Waals surface area contributed by atoms with Gasteiger partial charge >= 0.3 is 0 Å². The van der Waals surface area contributed by atoms with Crippen molar-refractivity contribution in [3.05, 3.63) is 51.9 Å². The second kappa shape index (κ2) is 8.16. The van der Waals surface area contributed by atoms with Crippen LogP contribution < -0.4 is 5.32 Å². The summed E-state index contributed by atoms with van der Waals surface area (Å²) in [5.74, 6) is 1.02. The van der Waals surface area contributed by atoms with Gasteiger partial charge in [0.15, 0.2) is 0 Å². The average Bonchev–Trinajstić information content (AvgIpc) is 3.21. The van der Waals surface area contributed by atoms with Gasteiger partial charge in [-0.05, 0) is 37.6 Å². The molecular formula is C17H15Cl2N3O3S. The second-order valence-corrected chi connectivity index (χ2v) is 7.28. The number of nitrogens with zero attached hydrogens (tertiary/aromatic N) is 2. The van der Waals surface area contributed by atoms with Crippen LogP contribution in [0.25, 0.3) is 11.5 Å². The van der Waals surface area contributed by atoms with Gasteiger partial charge in [-0.2, -0.15) is 0 Å². The lowest BCUT2D eigenvalue weighted by atomic mass is 10.1. The lowest BCUT2D eigenvalue weighted by molar-refractivity contribution is -0.119. The van der Waals surface area contributed by atoms with E-state index in [4.69, 9.17) is 32.0 Å². The summed E-state index contributed by atoms with van der Waals surface area (Å²) in [6.45, 7) is 3.66. The molecule has 1 N–H and O–H groups in total. The van der Waals surface area contributed by atoms with Crippen LogP contribution >= 0.6 is 35.0 Å². The summed E-state index contributed by atoms with van der Waals surface area (Å²) in [5, 5.41) is 12.2. The topological polar surface area (TPSA) is 81.2 Å². The summed E-state index contributed by atoms with van der Waals surface area (Å²) in [4.78, 5) is 12.2. The van der Waals surface area contributed by atoms with Crippen molar-refractivity contribution in [2.75, 3.05) is 5.75 Å². The number of hydrogen-bond acceptors (Lipinski definition) is 6. The molecule has 1 atom stereocenters. The van der Waals surface area contributed by atoms with E-state index in [1.807, 2.05) is 13.8 Å². The van der Waals surface area contributed by atoms with Crippen molar-refractivity contribution in [2.24, 2.45) is 0 Å².